The van der Waals surface area contributed by atoms with E-state index in [0.29, 0.717) is 11.4 Å². The number of anilines is 1. The van der Waals surface area contributed by atoms with E-state index >= 15 is 0 Å². The first kappa shape index (κ1) is 14.6. The first-order valence-corrected chi connectivity index (χ1v) is 8.45. The van der Waals surface area contributed by atoms with E-state index in [9.17, 15) is 4.79 Å². The zero-order chi connectivity index (χ0) is 15.8. The first-order valence-electron chi connectivity index (χ1n) is 8.07. The number of benzene rings is 2. The lowest BCUT2D eigenvalue weighted by Crippen LogP contribution is -2.32. The molecular weight excluding hydrogens is 310 g/mol. The highest BCUT2D eigenvalue weighted by molar-refractivity contribution is 6.30. The maximum absolute atomic E-state index is 12.6. The molecule has 0 aromatic heterocycles. The summed E-state index contributed by atoms with van der Waals surface area (Å²) in [6.07, 6.45) is 4.63. The van der Waals surface area contributed by atoms with Crippen LogP contribution >= 0.6 is 11.6 Å². The SMILES string of the molecule is O=C(Nc1cccc2c1CCCC2)C1Cc2cc(Cl)ccc2O1. The minimum Gasteiger partial charge on any atom is -0.480 e. The highest BCUT2D eigenvalue weighted by Crippen LogP contribution is 2.32. The molecule has 0 radical (unpaired) electrons. The number of hydrogen-bond acceptors (Lipinski definition) is 2. The van der Waals surface area contributed by atoms with Crippen LogP contribution in [0.1, 0.15) is 29.5 Å². The largest absolute Gasteiger partial charge is 0.480 e. The normalized spacial score (nSPS) is 18.7. The lowest BCUT2D eigenvalue weighted by Gasteiger charge is -2.20. The number of halogens is 1. The quantitative estimate of drug-likeness (QED) is 0.899. The van der Waals surface area contributed by atoms with Crippen LogP contribution in [0.5, 0.6) is 5.75 Å². The third kappa shape index (κ3) is 2.81. The third-order valence-corrected chi connectivity index (χ3v) is 4.88. The van der Waals surface area contributed by atoms with E-state index < -0.39 is 6.10 Å². The zero-order valence-corrected chi connectivity index (χ0v) is 13.5. The molecule has 0 saturated heterocycles. The first-order chi connectivity index (χ1) is 11.2. The second-order valence-electron chi connectivity index (χ2n) is 6.20. The maximum atomic E-state index is 12.6. The molecule has 1 N–H and O–H groups in total. The van der Waals surface area contributed by atoms with E-state index in [1.165, 1.54) is 24.0 Å². The summed E-state index contributed by atoms with van der Waals surface area (Å²) in [6.45, 7) is 0. The number of fused-ring (bicyclic) bond motifs is 2. The Morgan fingerprint density at radius 2 is 2.00 bits per heavy atom. The number of carbonyl (C=O) groups is 1. The number of ether oxygens (including phenoxy) is 1. The molecule has 2 aromatic rings. The predicted octanol–water partition coefficient (Wildman–Crippen LogP) is 4.16. The molecule has 23 heavy (non-hydrogen) atoms. The lowest BCUT2D eigenvalue weighted by atomic mass is 9.90. The topological polar surface area (TPSA) is 38.3 Å². The van der Waals surface area contributed by atoms with Gasteiger partial charge in [0.2, 0.25) is 0 Å². The van der Waals surface area contributed by atoms with Crippen LogP contribution in [0.3, 0.4) is 0 Å². The number of carbonyl (C=O) groups excluding carboxylic acids is 1. The van der Waals surface area contributed by atoms with Gasteiger partial charge in [0.1, 0.15) is 5.75 Å². The number of aryl methyl sites for hydroxylation is 1. The van der Waals surface area contributed by atoms with Crippen molar-refractivity contribution in [2.45, 2.75) is 38.2 Å². The predicted molar refractivity (Wildman–Crippen MR) is 91.3 cm³/mol. The number of rotatable bonds is 2. The summed E-state index contributed by atoms with van der Waals surface area (Å²) in [5.74, 6) is 0.668. The van der Waals surface area contributed by atoms with Crippen LogP contribution in [-0.4, -0.2) is 12.0 Å². The molecule has 0 saturated carbocycles. The van der Waals surface area contributed by atoms with Crippen molar-refractivity contribution in [1.29, 1.82) is 0 Å². The third-order valence-electron chi connectivity index (χ3n) is 4.64. The molecule has 0 bridgehead atoms. The number of hydrogen-bond donors (Lipinski definition) is 1. The Morgan fingerprint density at radius 1 is 1.13 bits per heavy atom. The fourth-order valence-electron chi connectivity index (χ4n) is 3.48. The molecule has 4 rings (SSSR count). The van der Waals surface area contributed by atoms with Crippen molar-refractivity contribution in [3.05, 3.63) is 58.1 Å². The molecule has 1 aliphatic heterocycles. The van der Waals surface area contributed by atoms with Crippen molar-refractivity contribution in [3.8, 4) is 5.75 Å². The van der Waals surface area contributed by atoms with E-state index in [4.69, 9.17) is 16.3 Å². The van der Waals surface area contributed by atoms with Crippen molar-refractivity contribution >= 4 is 23.2 Å². The summed E-state index contributed by atoms with van der Waals surface area (Å²) >= 11 is 6.00. The lowest BCUT2D eigenvalue weighted by molar-refractivity contribution is -0.122. The van der Waals surface area contributed by atoms with Crippen LogP contribution in [0.4, 0.5) is 5.69 Å². The van der Waals surface area contributed by atoms with Gasteiger partial charge in [0.05, 0.1) is 0 Å². The Labute approximate surface area is 140 Å². The molecule has 1 heterocycles. The van der Waals surface area contributed by atoms with Gasteiger partial charge in [-0.2, -0.15) is 0 Å². The smallest absolute Gasteiger partial charge is 0.265 e. The van der Waals surface area contributed by atoms with Crippen molar-refractivity contribution < 1.29 is 9.53 Å². The minimum absolute atomic E-state index is 0.0868. The number of amides is 1. The molecule has 1 unspecified atom stereocenters. The molecule has 118 valence electrons. The van der Waals surface area contributed by atoms with Gasteiger partial charge in [0.25, 0.3) is 5.91 Å². The molecule has 0 fully saturated rings. The second kappa shape index (κ2) is 5.89. The standard InChI is InChI=1S/C19H18ClNO2/c20-14-8-9-17-13(10-14)11-18(23-17)19(22)21-16-7-3-5-12-4-1-2-6-15(12)16/h3,5,7-10,18H,1-2,4,6,11H2,(H,21,22). The molecular formula is C19H18ClNO2. The summed E-state index contributed by atoms with van der Waals surface area (Å²) in [7, 11) is 0. The highest BCUT2D eigenvalue weighted by Gasteiger charge is 2.29. The maximum Gasteiger partial charge on any atom is 0.265 e. The van der Waals surface area contributed by atoms with Gasteiger partial charge in [-0.15, -0.1) is 0 Å². The number of nitrogens with one attached hydrogen (secondary N) is 1. The summed E-state index contributed by atoms with van der Waals surface area (Å²) in [6, 6.07) is 11.6. The average Bonchev–Trinajstić information content (AvgIpc) is 2.98. The van der Waals surface area contributed by atoms with Crippen molar-refractivity contribution in [1.82, 2.24) is 0 Å². The monoisotopic (exact) mass is 327 g/mol. The van der Waals surface area contributed by atoms with Crippen molar-refractivity contribution in [2.24, 2.45) is 0 Å². The molecule has 2 aliphatic rings. The van der Waals surface area contributed by atoms with Gasteiger partial charge in [0.15, 0.2) is 6.10 Å². The fourth-order valence-corrected chi connectivity index (χ4v) is 3.67. The van der Waals surface area contributed by atoms with Gasteiger partial charge in [-0.25, -0.2) is 0 Å². The molecule has 1 atom stereocenters. The van der Waals surface area contributed by atoms with Gasteiger partial charge in [-0.3, -0.25) is 4.79 Å². The van der Waals surface area contributed by atoms with Crippen LogP contribution in [0, 0.1) is 0 Å². The molecule has 1 amide bonds. The highest BCUT2D eigenvalue weighted by atomic mass is 35.5. The molecule has 3 nitrogen and oxygen atoms in total. The Bertz CT molecular complexity index is 772. The van der Waals surface area contributed by atoms with Crippen molar-refractivity contribution in [2.75, 3.05) is 5.32 Å². The zero-order valence-electron chi connectivity index (χ0n) is 12.8. The second-order valence-corrected chi connectivity index (χ2v) is 6.64. The van der Waals surface area contributed by atoms with Crippen LogP contribution in [-0.2, 0) is 24.1 Å². The van der Waals surface area contributed by atoms with Crippen molar-refractivity contribution in [3.63, 3.8) is 0 Å². The molecule has 1 aliphatic carbocycles. The van der Waals surface area contributed by atoms with Crippen LogP contribution in [0.2, 0.25) is 5.02 Å². The van der Waals surface area contributed by atoms with Gasteiger partial charge < -0.3 is 10.1 Å². The molecule has 4 heteroatoms. The molecule has 0 spiro atoms. The Kier molecular flexibility index (Phi) is 3.74. The van der Waals surface area contributed by atoms with Crippen LogP contribution in [0.15, 0.2) is 36.4 Å². The van der Waals surface area contributed by atoms with Gasteiger partial charge in [0, 0.05) is 17.1 Å². The van der Waals surface area contributed by atoms with E-state index in [0.717, 1.165) is 29.8 Å². The van der Waals surface area contributed by atoms with E-state index in [1.54, 1.807) is 6.07 Å². The summed E-state index contributed by atoms with van der Waals surface area (Å²) < 4.78 is 5.77. The summed E-state index contributed by atoms with van der Waals surface area (Å²) in [5.41, 5.74) is 4.57. The minimum atomic E-state index is -0.483. The van der Waals surface area contributed by atoms with Gasteiger partial charge in [-0.05, 0) is 66.6 Å². The Balaban J connectivity index is 1.52. The summed E-state index contributed by atoms with van der Waals surface area (Å²) in [4.78, 5) is 12.6. The van der Waals surface area contributed by atoms with Gasteiger partial charge in [-0.1, -0.05) is 23.7 Å². The molecule has 2 aromatic carbocycles. The van der Waals surface area contributed by atoms with E-state index in [-0.39, 0.29) is 5.91 Å². The van der Waals surface area contributed by atoms with Crippen LogP contribution < -0.4 is 10.1 Å². The Hall–Kier alpha value is -2.00. The van der Waals surface area contributed by atoms with E-state index in [1.807, 2.05) is 24.3 Å². The fraction of sp³-hybridized carbons (Fsp3) is 0.316. The van der Waals surface area contributed by atoms with E-state index in [2.05, 4.69) is 11.4 Å². The Morgan fingerprint density at radius 3 is 2.91 bits per heavy atom. The summed E-state index contributed by atoms with van der Waals surface area (Å²) in [5, 5.41) is 3.74. The van der Waals surface area contributed by atoms with Crippen LogP contribution in [0.25, 0.3) is 0 Å². The van der Waals surface area contributed by atoms with Gasteiger partial charge >= 0.3 is 0 Å². The average molecular weight is 328 g/mol.